The monoisotopic (exact) mass is 291 g/mol. The van der Waals surface area contributed by atoms with Gasteiger partial charge in [0, 0.05) is 24.2 Å². The maximum absolute atomic E-state index is 5.96. The molecule has 0 aliphatic carbocycles. The van der Waals surface area contributed by atoms with Crippen LogP contribution in [0.4, 0.5) is 5.95 Å². The first-order valence-electron chi connectivity index (χ1n) is 6.83. The molecule has 0 radical (unpaired) electrons. The Morgan fingerprint density at radius 3 is 2.45 bits per heavy atom. The van der Waals surface area contributed by atoms with Crippen LogP contribution < -0.4 is 10.6 Å². The smallest absolute Gasteiger partial charge is 0.231 e. The zero-order valence-electron chi connectivity index (χ0n) is 11.5. The zero-order valence-corrected chi connectivity index (χ0v) is 12.2. The van der Waals surface area contributed by atoms with E-state index in [1.807, 2.05) is 31.2 Å². The van der Waals surface area contributed by atoms with Crippen LogP contribution in [0.25, 0.3) is 5.69 Å². The summed E-state index contributed by atoms with van der Waals surface area (Å²) in [6, 6.07) is 8.04. The number of hydrogen-bond acceptors (Lipinski definition) is 4. The molecule has 0 bridgehead atoms. The summed E-state index contributed by atoms with van der Waals surface area (Å²) in [4.78, 5) is 2.25. The quantitative estimate of drug-likeness (QED) is 0.921. The highest BCUT2D eigenvalue weighted by atomic mass is 35.5. The molecule has 1 aliphatic heterocycles. The van der Waals surface area contributed by atoms with Crippen molar-refractivity contribution in [3.63, 3.8) is 0 Å². The van der Waals surface area contributed by atoms with E-state index in [-0.39, 0.29) is 0 Å². The molecule has 2 aromatic rings. The second-order valence-electron chi connectivity index (χ2n) is 5.18. The molecule has 20 heavy (non-hydrogen) atoms. The largest absolute Gasteiger partial charge is 0.340 e. The van der Waals surface area contributed by atoms with Crippen LogP contribution in [0.2, 0.25) is 5.02 Å². The summed E-state index contributed by atoms with van der Waals surface area (Å²) in [7, 11) is 0. The van der Waals surface area contributed by atoms with E-state index in [0.29, 0.717) is 6.04 Å². The van der Waals surface area contributed by atoms with Gasteiger partial charge in [0.05, 0.1) is 5.69 Å². The van der Waals surface area contributed by atoms with Gasteiger partial charge in [0.1, 0.15) is 5.82 Å². The van der Waals surface area contributed by atoms with Crippen LogP contribution in [0.5, 0.6) is 0 Å². The van der Waals surface area contributed by atoms with Crippen molar-refractivity contribution in [2.45, 2.75) is 25.8 Å². The number of rotatable bonds is 2. The lowest BCUT2D eigenvalue weighted by Crippen LogP contribution is -2.40. The second-order valence-corrected chi connectivity index (χ2v) is 5.62. The van der Waals surface area contributed by atoms with Crippen molar-refractivity contribution in [3.05, 3.63) is 35.1 Å². The topological polar surface area (TPSA) is 60.0 Å². The van der Waals surface area contributed by atoms with Crippen molar-refractivity contribution >= 4 is 17.5 Å². The second kappa shape index (κ2) is 5.42. The van der Waals surface area contributed by atoms with Crippen molar-refractivity contribution in [2.75, 3.05) is 18.0 Å². The Kier molecular flexibility index (Phi) is 3.63. The van der Waals surface area contributed by atoms with E-state index in [1.165, 1.54) is 0 Å². The molecule has 5 nitrogen and oxygen atoms in total. The predicted octanol–water partition coefficient (Wildman–Crippen LogP) is 2.16. The molecule has 1 aromatic carbocycles. The van der Waals surface area contributed by atoms with Gasteiger partial charge >= 0.3 is 0 Å². The SMILES string of the molecule is Cc1nnc(N2CCC(N)CC2)n1-c1ccc(Cl)cc1. The lowest BCUT2D eigenvalue weighted by molar-refractivity contribution is 0.494. The highest BCUT2D eigenvalue weighted by Crippen LogP contribution is 2.23. The Morgan fingerprint density at radius 1 is 1.15 bits per heavy atom. The van der Waals surface area contributed by atoms with Crippen LogP contribution in [0.15, 0.2) is 24.3 Å². The minimum atomic E-state index is 0.305. The molecule has 0 amide bonds. The van der Waals surface area contributed by atoms with Crippen molar-refractivity contribution in [1.82, 2.24) is 14.8 Å². The standard InChI is InChI=1S/C14H18ClN5/c1-10-17-18-14(19-8-6-12(16)7-9-19)20(10)13-4-2-11(15)3-5-13/h2-5,12H,6-9,16H2,1H3. The van der Waals surface area contributed by atoms with Crippen LogP contribution in [-0.4, -0.2) is 33.9 Å². The molecule has 0 saturated carbocycles. The van der Waals surface area contributed by atoms with E-state index in [2.05, 4.69) is 19.7 Å². The first-order chi connectivity index (χ1) is 9.65. The van der Waals surface area contributed by atoms with Crippen molar-refractivity contribution < 1.29 is 0 Å². The van der Waals surface area contributed by atoms with E-state index in [4.69, 9.17) is 17.3 Å². The molecule has 3 rings (SSSR count). The summed E-state index contributed by atoms with van der Waals surface area (Å²) in [6.07, 6.45) is 1.99. The van der Waals surface area contributed by atoms with Crippen molar-refractivity contribution in [1.29, 1.82) is 0 Å². The van der Waals surface area contributed by atoms with Gasteiger partial charge in [0.2, 0.25) is 5.95 Å². The van der Waals surface area contributed by atoms with Crippen molar-refractivity contribution in [3.8, 4) is 5.69 Å². The fourth-order valence-electron chi connectivity index (χ4n) is 2.55. The Hall–Kier alpha value is -1.59. The van der Waals surface area contributed by atoms with Gasteiger partial charge in [0.25, 0.3) is 0 Å². The number of nitrogens with zero attached hydrogens (tertiary/aromatic N) is 4. The lowest BCUT2D eigenvalue weighted by Gasteiger charge is -2.31. The van der Waals surface area contributed by atoms with Gasteiger partial charge in [-0.3, -0.25) is 4.57 Å². The summed E-state index contributed by atoms with van der Waals surface area (Å²) in [5.41, 5.74) is 6.99. The van der Waals surface area contributed by atoms with Gasteiger partial charge < -0.3 is 10.6 Å². The molecule has 1 fully saturated rings. The van der Waals surface area contributed by atoms with Crippen LogP contribution in [0.1, 0.15) is 18.7 Å². The van der Waals surface area contributed by atoms with Crippen LogP contribution >= 0.6 is 11.6 Å². The summed E-state index contributed by atoms with van der Waals surface area (Å²) in [6.45, 7) is 3.81. The first-order valence-corrected chi connectivity index (χ1v) is 7.21. The highest BCUT2D eigenvalue weighted by molar-refractivity contribution is 6.30. The molecule has 1 saturated heterocycles. The molecule has 0 spiro atoms. The summed E-state index contributed by atoms with van der Waals surface area (Å²) < 4.78 is 2.06. The van der Waals surface area contributed by atoms with E-state index in [0.717, 1.165) is 48.4 Å². The Morgan fingerprint density at radius 2 is 1.80 bits per heavy atom. The number of aryl methyl sites for hydroxylation is 1. The first kappa shape index (κ1) is 13.4. The van der Waals surface area contributed by atoms with Gasteiger partial charge in [-0.25, -0.2) is 0 Å². The summed E-state index contributed by atoms with van der Waals surface area (Å²) in [5.74, 6) is 1.76. The average molecular weight is 292 g/mol. The molecule has 0 atom stereocenters. The number of piperidine rings is 1. The number of nitrogens with two attached hydrogens (primary N) is 1. The molecule has 2 heterocycles. The zero-order chi connectivity index (χ0) is 14.1. The maximum Gasteiger partial charge on any atom is 0.231 e. The average Bonchev–Trinajstić information content (AvgIpc) is 2.83. The lowest BCUT2D eigenvalue weighted by atomic mass is 10.1. The van der Waals surface area contributed by atoms with E-state index in [1.54, 1.807) is 0 Å². The molecule has 106 valence electrons. The Balaban J connectivity index is 1.95. The van der Waals surface area contributed by atoms with Crippen LogP contribution in [0.3, 0.4) is 0 Å². The molecular weight excluding hydrogens is 274 g/mol. The maximum atomic E-state index is 5.96. The number of hydrogen-bond donors (Lipinski definition) is 1. The highest BCUT2D eigenvalue weighted by Gasteiger charge is 2.22. The molecule has 1 aromatic heterocycles. The van der Waals surface area contributed by atoms with Crippen LogP contribution in [-0.2, 0) is 0 Å². The minimum Gasteiger partial charge on any atom is -0.340 e. The van der Waals surface area contributed by atoms with Gasteiger partial charge in [-0.05, 0) is 44.0 Å². The third-order valence-corrected chi connectivity index (χ3v) is 3.97. The van der Waals surface area contributed by atoms with Gasteiger partial charge in [-0.15, -0.1) is 10.2 Å². The molecular formula is C14H18ClN5. The number of benzene rings is 1. The minimum absolute atomic E-state index is 0.305. The van der Waals surface area contributed by atoms with Gasteiger partial charge in [-0.2, -0.15) is 0 Å². The fraction of sp³-hybridized carbons (Fsp3) is 0.429. The van der Waals surface area contributed by atoms with E-state index in [9.17, 15) is 0 Å². The Labute approximate surface area is 123 Å². The fourth-order valence-corrected chi connectivity index (χ4v) is 2.67. The van der Waals surface area contributed by atoms with Gasteiger partial charge in [-0.1, -0.05) is 11.6 Å². The third-order valence-electron chi connectivity index (χ3n) is 3.72. The number of halogens is 1. The normalized spacial score (nSPS) is 16.6. The van der Waals surface area contributed by atoms with E-state index < -0.39 is 0 Å². The van der Waals surface area contributed by atoms with E-state index >= 15 is 0 Å². The molecule has 2 N–H and O–H groups in total. The molecule has 6 heteroatoms. The van der Waals surface area contributed by atoms with Crippen molar-refractivity contribution in [2.24, 2.45) is 5.73 Å². The number of anilines is 1. The predicted molar refractivity (Wildman–Crippen MR) is 80.5 cm³/mol. The summed E-state index contributed by atoms with van der Waals surface area (Å²) in [5, 5.41) is 9.27. The van der Waals surface area contributed by atoms with Crippen LogP contribution in [0, 0.1) is 6.92 Å². The number of aromatic nitrogens is 3. The molecule has 1 aliphatic rings. The van der Waals surface area contributed by atoms with Gasteiger partial charge in [0.15, 0.2) is 0 Å². The Bertz CT molecular complexity index is 584. The molecule has 0 unspecified atom stereocenters. The summed E-state index contributed by atoms with van der Waals surface area (Å²) >= 11 is 5.95. The third kappa shape index (κ3) is 2.51.